The van der Waals surface area contributed by atoms with E-state index in [-0.39, 0.29) is 37.2 Å². The molecule has 1 aromatic heterocycles. The molecule has 0 saturated carbocycles. The topological polar surface area (TPSA) is 53.5 Å². The van der Waals surface area contributed by atoms with Gasteiger partial charge in [-0.25, -0.2) is 0 Å². The van der Waals surface area contributed by atoms with E-state index in [2.05, 4.69) is 4.98 Å². The molecule has 1 aliphatic rings. The van der Waals surface area contributed by atoms with Crippen LogP contribution in [0.25, 0.3) is 0 Å². The van der Waals surface area contributed by atoms with Crippen molar-refractivity contribution in [2.45, 2.75) is 32.1 Å². The molecular formula is C21H22F3N3O2. The van der Waals surface area contributed by atoms with Crippen LogP contribution in [0.4, 0.5) is 13.2 Å². The van der Waals surface area contributed by atoms with Gasteiger partial charge in [0.05, 0.1) is 11.5 Å². The van der Waals surface area contributed by atoms with E-state index in [0.29, 0.717) is 18.5 Å². The lowest BCUT2D eigenvalue weighted by atomic mass is 9.95. The third-order valence-electron chi connectivity index (χ3n) is 5.00. The summed E-state index contributed by atoms with van der Waals surface area (Å²) in [5.41, 5.74) is 0.546. The zero-order valence-electron chi connectivity index (χ0n) is 16.0. The van der Waals surface area contributed by atoms with Crippen molar-refractivity contribution in [2.75, 3.05) is 13.6 Å². The summed E-state index contributed by atoms with van der Waals surface area (Å²) in [4.78, 5) is 32.2. The Labute approximate surface area is 167 Å². The van der Waals surface area contributed by atoms with Crippen LogP contribution < -0.4 is 0 Å². The first kappa shape index (κ1) is 20.8. The van der Waals surface area contributed by atoms with E-state index in [4.69, 9.17) is 0 Å². The van der Waals surface area contributed by atoms with E-state index in [9.17, 15) is 22.8 Å². The molecule has 1 atom stereocenters. The number of amides is 2. The lowest BCUT2D eigenvalue weighted by Gasteiger charge is -2.34. The predicted octanol–water partition coefficient (Wildman–Crippen LogP) is 3.50. The maximum Gasteiger partial charge on any atom is 0.416 e. The summed E-state index contributed by atoms with van der Waals surface area (Å²) in [6.07, 6.45) is -0.447. The fraction of sp³-hybridized carbons (Fsp3) is 0.381. The zero-order chi connectivity index (χ0) is 21.0. The molecule has 2 aromatic rings. The van der Waals surface area contributed by atoms with Gasteiger partial charge >= 0.3 is 6.18 Å². The monoisotopic (exact) mass is 405 g/mol. The second kappa shape index (κ2) is 8.63. The molecule has 2 amide bonds. The zero-order valence-corrected chi connectivity index (χ0v) is 16.0. The minimum Gasteiger partial charge on any atom is -0.341 e. The summed E-state index contributed by atoms with van der Waals surface area (Å²) in [7, 11) is 1.70. The summed E-state index contributed by atoms with van der Waals surface area (Å²) < 4.78 is 38.8. The first-order chi connectivity index (χ1) is 13.7. The Kier molecular flexibility index (Phi) is 6.20. The van der Waals surface area contributed by atoms with Gasteiger partial charge in [-0.1, -0.05) is 18.2 Å². The van der Waals surface area contributed by atoms with Crippen molar-refractivity contribution in [3.8, 4) is 0 Å². The summed E-state index contributed by atoms with van der Waals surface area (Å²) in [5, 5.41) is 0. The number of likely N-dealkylation sites (tertiary alicyclic amines) is 1. The van der Waals surface area contributed by atoms with Crippen LogP contribution in [0.5, 0.6) is 0 Å². The Balaban J connectivity index is 1.66. The van der Waals surface area contributed by atoms with E-state index in [1.165, 1.54) is 11.0 Å². The number of benzene rings is 1. The molecule has 2 heterocycles. The Morgan fingerprint density at radius 2 is 2.00 bits per heavy atom. The van der Waals surface area contributed by atoms with E-state index in [1.54, 1.807) is 36.5 Å². The van der Waals surface area contributed by atoms with Gasteiger partial charge in [-0.15, -0.1) is 0 Å². The number of hydrogen-bond acceptors (Lipinski definition) is 3. The van der Waals surface area contributed by atoms with Crippen molar-refractivity contribution in [1.29, 1.82) is 0 Å². The average molecular weight is 405 g/mol. The molecule has 0 aliphatic carbocycles. The van der Waals surface area contributed by atoms with Gasteiger partial charge in [0.15, 0.2) is 0 Å². The van der Waals surface area contributed by atoms with E-state index < -0.39 is 11.7 Å². The molecule has 1 aliphatic heterocycles. The predicted molar refractivity (Wildman–Crippen MR) is 100 cm³/mol. The van der Waals surface area contributed by atoms with Crippen molar-refractivity contribution in [3.63, 3.8) is 0 Å². The summed E-state index contributed by atoms with van der Waals surface area (Å²) >= 11 is 0. The number of hydrogen-bond donors (Lipinski definition) is 0. The van der Waals surface area contributed by atoms with Crippen LogP contribution in [0.15, 0.2) is 48.8 Å². The van der Waals surface area contributed by atoms with Gasteiger partial charge in [-0.3, -0.25) is 14.6 Å². The smallest absolute Gasteiger partial charge is 0.341 e. The van der Waals surface area contributed by atoms with Gasteiger partial charge in [-0.2, -0.15) is 13.2 Å². The third kappa shape index (κ3) is 5.34. The highest BCUT2D eigenvalue weighted by molar-refractivity contribution is 5.83. The fourth-order valence-corrected chi connectivity index (χ4v) is 3.49. The highest BCUT2D eigenvalue weighted by Crippen LogP contribution is 2.30. The maximum absolute atomic E-state index is 12.9. The van der Waals surface area contributed by atoms with Crippen LogP contribution in [0.1, 0.15) is 29.5 Å². The molecule has 0 unspecified atom stereocenters. The summed E-state index contributed by atoms with van der Waals surface area (Å²) in [5.74, 6) is -0.614. The van der Waals surface area contributed by atoms with Gasteiger partial charge in [-0.05, 0) is 35.7 Å². The van der Waals surface area contributed by atoms with Gasteiger partial charge in [0.2, 0.25) is 11.8 Å². The molecular weight excluding hydrogens is 383 g/mol. The van der Waals surface area contributed by atoms with E-state index in [1.807, 2.05) is 6.07 Å². The minimum atomic E-state index is -4.44. The number of aromatic nitrogens is 1. The number of pyridine rings is 1. The van der Waals surface area contributed by atoms with Crippen LogP contribution in [-0.2, 0) is 28.9 Å². The molecule has 0 spiro atoms. The SMILES string of the molecule is CN(Cc1cccnc1)C(=O)[C@@H]1CCC(=O)N(Cc2cccc(C(F)(F)F)c2)C1. The second-order valence-corrected chi connectivity index (χ2v) is 7.26. The highest BCUT2D eigenvalue weighted by atomic mass is 19.4. The van der Waals surface area contributed by atoms with E-state index >= 15 is 0 Å². The lowest BCUT2D eigenvalue weighted by molar-refractivity contribution is -0.143. The molecule has 0 N–H and O–H groups in total. The molecule has 1 fully saturated rings. The van der Waals surface area contributed by atoms with Crippen LogP contribution >= 0.6 is 0 Å². The number of carbonyl (C=O) groups excluding carboxylic acids is 2. The van der Waals surface area contributed by atoms with Crippen molar-refractivity contribution in [2.24, 2.45) is 5.92 Å². The Morgan fingerprint density at radius 3 is 2.69 bits per heavy atom. The number of piperidine rings is 1. The van der Waals surface area contributed by atoms with Gasteiger partial charge in [0, 0.05) is 45.5 Å². The third-order valence-corrected chi connectivity index (χ3v) is 5.00. The molecule has 8 heteroatoms. The van der Waals surface area contributed by atoms with Gasteiger partial charge in [0.1, 0.15) is 0 Å². The number of halogens is 3. The minimum absolute atomic E-state index is 0.0544. The van der Waals surface area contributed by atoms with Crippen LogP contribution in [0.2, 0.25) is 0 Å². The fourth-order valence-electron chi connectivity index (χ4n) is 3.49. The molecule has 154 valence electrons. The van der Waals surface area contributed by atoms with Crippen molar-refractivity contribution >= 4 is 11.8 Å². The Bertz CT molecular complexity index is 871. The number of carbonyl (C=O) groups is 2. The van der Waals surface area contributed by atoms with Crippen LogP contribution in [-0.4, -0.2) is 40.2 Å². The van der Waals surface area contributed by atoms with E-state index in [0.717, 1.165) is 17.7 Å². The maximum atomic E-state index is 12.9. The molecule has 29 heavy (non-hydrogen) atoms. The van der Waals surface area contributed by atoms with Crippen molar-refractivity contribution < 1.29 is 22.8 Å². The number of nitrogens with zero attached hydrogens (tertiary/aromatic N) is 3. The van der Waals surface area contributed by atoms with Crippen molar-refractivity contribution in [1.82, 2.24) is 14.8 Å². The summed E-state index contributed by atoms with van der Waals surface area (Å²) in [6.45, 7) is 0.662. The average Bonchev–Trinajstić information content (AvgIpc) is 2.69. The van der Waals surface area contributed by atoms with Gasteiger partial charge < -0.3 is 9.80 Å². The van der Waals surface area contributed by atoms with Crippen LogP contribution in [0.3, 0.4) is 0 Å². The highest BCUT2D eigenvalue weighted by Gasteiger charge is 2.33. The number of rotatable bonds is 5. The largest absolute Gasteiger partial charge is 0.416 e. The normalized spacial score (nSPS) is 17.3. The van der Waals surface area contributed by atoms with Crippen LogP contribution in [0, 0.1) is 5.92 Å². The Morgan fingerprint density at radius 1 is 1.24 bits per heavy atom. The standard InChI is InChI=1S/C21H22F3N3O2/c1-26(12-16-5-3-9-25-11-16)20(29)17-7-8-19(28)27(14-17)13-15-4-2-6-18(10-15)21(22,23)24/h2-6,9-11,17H,7-8,12-14H2,1H3/t17-/m1/s1. The molecule has 3 rings (SSSR count). The number of alkyl halides is 3. The molecule has 0 radical (unpaired) electrons. The molecule has 1 saturated heterocycles. The van der Waals surface area contributed by atoms with Gasteiger partial charge in [0.25, 0.3) is 0 Å². The molecule has 1 aromatic carbocycles. The summed E-state index contributed by atoms with van der Waals surface area (Å²) in [6, 6.07) is 8.61. The second-order valence-electron chi connectivity index (χ2n) is 7.26. The first-order valence-corrected chi connectivity index (χ1v) is 9.32. The van der Waals surface area contributed by atoms with Crippen molar-refractivity contribution in [3.05, 3.63) is 65.5 Å². The first-order valence-electron chi connectivity index (χ1n) is 9.32. The molecule has 0 bridgehead atoms. The molecule has 5 nitrogen and oxygen atoms in total. The quantitative estimate of drug-likeness (QED) is 0.765. The Hall–Kier alpha value is -2.90. The lowest BCUT2D eigenvalue weighted by Crippen LogP contribution is -2.45.